The highest BCUT2D eigenvalue weighted by atomic mass is 28.3. The predicted octanol–water partition coefficient (Wildman–Crippen LogP) is 4.90. The minimum atomic E-state index is -1.22. The van der Waals surface area contributed by atoms with Crippen molar-refractivity contribution in [3.8, 4) is 0 Å². The molecule has 1 aliphatic heterocycles. The molecule has 1 N–H and O–H groups in total. The summed E-state index contributed by atoms with van der Waals surface area (Å²) in [6, 6.07) is 4.62. The second kappa shape index (κ2) is 6.74. The number of aliphatic imine (C=N–C) groups is 1. The van der Waals surface area contributed by atoms with E-state index in [-0.39, 0.29) is 0 Å². The third-order valence-electron chi connectivity index (χ3n) is 5.42. The SMILES string of the molecule is CC[Si](CC)(CC)[C@@H]1CC(CC(C)(C)O)=N[C@H]1C(C)C. The van der Waals surface area contributed by atoms with Crippen LogP contribution in [0.15, 0.2) is 4.99 Å². The summed E-state index contributed by atoms with van der Waals surface area (Å²) < 4.78 is 0. The van der Waals surface area contributed by atoms with Gasteiger partial charge in [-0.05, 0) is 31.7 Å². The second-order valence-electron chi connectivity index (χ2n) is 7.65. The first-order chi connectivity index (χ1) is 9.19. The van der Waals surface area contributed by atoms with Crippen molar-refractivity contribution in [2.24, 2.45) is 10.9 Å². The topological polar surface area (TPSA) is 32.6 Å². The van der Waals surface area contributed by atoms with Gasteiger partial charge >= 0.3 is 0 Å². The fourth-order valence-corrected chi connectivity index (χ4v) is 9.00. The van der Waals surface area contributed by atoms with E-state index < -0.39 is 13.7 Å². The molecule has 0 radical (unpaired) electrons. The lowest BCUT2D eigenvalue weighted by molar-refractivity contribution is 0.0883. The van der Waals surface area contributed by atoms with Gasteiger partial charge in [0.15, 0.2) is 0 Å². The van der Waals surface area contributed by atoms with Gasteiger partial charge in [-0.3, -0.25) is 4.99 Å². The van der Waals surface area contributed by atoms with E-state index in [0.29, 0.717) is 12.0 Å². The van der Waals surface area contributed by atoms with Gasteiger partial charge in [-0.25, -0.2) is 0 Å². The average molecular weight is 298 g/mol. The van der Waals surface area contributed by atoms with Crippen molar-refractivity contribution in [1.29, 1.82) is 0 Å². The zero-order chi connectivity index (χ0) is 15.6. The van der Waals surface area contributed by atoms with Gasteiger partial charge in [0.2, 0.25) is 0 Å². The molecule has 20 heavy (non-hydrogen) atoms. The second-order valence-corrected chi connectivity index (χ2v) is 13.2. The molecule has 0 spiro atoms. The molecule has 0 aromatic carbocycles. The van der Waals surface area contributed by atoms with Crippen LogP contribution in [0.25, 0.3) is 0 Å². The van der Waals surface area contributed by atoms with E-state index in [1.165, 1.54) is 23.8 Å². The molecule has 0 saturated heterocycles. The first-order valence-electron chi connectivity index (χ1n) is 8.47. The smallest absolute Gasteiger partial charge is 0.0643 e. The van der Waals surface area contributed by atoms with Crippen LogP contribution in [-0.4, -0.2) is 30.5 Å². The van der Waals surface area contributed by atoms with Crippen LogP contribution in [0.2, 0.25) is 23.7 Å². The standard InChI is InChI=1S/C17H35NOSi/c1-8-20(9-2,10-3)15-11-14(12-17(6,7)19)18-16(15)13(4)5/h13,15-16,19H,8-12H2,1-7H3/t15-,16+/m1/s1. The molecule has 0 aromatic heterocycles. The van der Waals surface area contributed by atoms with Crippen molar-refractivity contribution in [1.82, 2.24) is 0 Å². The number of rotatable bonds is 7. The highest BCUT2D eigenvalue weighted by Gasteiger charge is 2.45. The summed E-state index contributed by atoms with van der Waals surface area (Å²) in [4.78, 5) is 5.06. The van der Waals surface area contributed by atoms with Gasteiger partial charge in [-0.1, -0.05) is 52.8 Å². The molecule has 0 aromatic rings. The monoisotopic (exact) mass is 297 g/mol. The van der Waals surface area contributed by atoms with Crippen molar-refractivity contribution in [3.05, 3.63) is 0 Å². The van der Waals surface area contributed by atoms with Gasteiger partial charge in [0.25, 0.3) is 0 Å². The summed E-state index contributed by atoms with van der Waals surface area (Å²) >= 11 is 0. The molecule has 1 aliphatic rings. The Morgan fingerprint density at radius 3 is 2.05 bits per heavy atom. The van der Waals surface area contributed by atoms with Crippen molar-refractivity contribution in [2.75, 3.05) is 0 Å². The maximum atomic E-state index is 10.1. The molecule has 0 bridgehead atoms. The summed E-state index contributed by atoms with van der Waals surface area (Å²) in [6.45, 7) is 15.6. The minimum absolute atomic E-state index is 0.499. The Morgan fingerprint density at radius 1 is 1.20 bits per heavy atom. The summed E-state index contributed by atoms with van der Waals surface area (Å²) in [5.41, 5.74) is 1.44. The molecule has 1 heterocycles. The molecule has 0 unspecified atom stereocenters. The zero-order valence-electron chi connectivity index (χ0n) is 14.7. The fourth-order valence-electron chi connectivity index (χ4n) is 4.07. The molecule has 3 heteroatoms. The number of nitrogens with zero attached hydrogens (tertiary/aromatic N) is 1. The number of aliphatic hydroxyl groups is 1. The normalized spacial score (nSPS) is 24.4. The molecule has 1 rings (SSSR count). The summed E-state index contributed by atoms with van der Waals surface area (Å²) in [6.07, 6.45) is 1.89. The molecule has 0 aliphatic carbocycles. The maximum Gasteiger partial charge on any atom is 0.0643 e. The maximum absolute atomic E-state index is 10.1. The molecule has 0 saturated carbocycles. The molecular formula is C17H35NOSi. The highest BCUT2D eigenvalue weighted by molar-refractivity contribution is 6.81. The van der Waals surface area contributed by atoms with Crippen LogP contribution in [0.5, 0.6) is 0 Å². The van der Waals surface area contributed by atoms with Crippen LogP contribution < -0.4 is 0 Å². The molecular weight excluding hydrogens is 262 g/mol. The van der Waals surface area contributed by atoms with E-state index in [1.54, 1.807) is 0 Å². The average Bonchev–Trinajstić information content (AvgIpc) is 2.74. The van der Waals surface area contributed by atoms with E-state index >= 15 is 0 Å². The third kappa shape index (κ3) is 3.94. The lowest BCUT2D eigenvalue weighted by Gasteiger charge is -2.39. The molecule has 2 atom stereocenters. The van der Waals surface area contributed by atoms with Crippen molar-refractivity contribution >= 4 is 13.8 Å². The van der Waals surface area contributed by atoms with E-state index in [9.17, 15) is 5.11 Å². The Bertz CT molecular complexity index is 331. The summed E-state index contributed by atoms with van der Waals surface area (Å²) in [5.74, 6) is 0.621. The van der Waals surface area contributed by atoms with Gasteiger partial charge in [-0.2, -0.15) is 0 Å². The van der Waals surface area contributed by atoms with Crippen LogP contribution in [0.3, 0.4) is 0 Å². The number of hydrogen-bond donors (Lipinski definition) is 1. The van der Waals surface area contributed by atoms with Crippen LogP contribution >= 0.6 is 0 Å². The third-order valence-corrected chi connectivity index (χ3v) is 11.8. The largest absolute Gasteiger partial charge is 0.390 e. The highest BCUT2D eigenvalue weighted by Crippen LogP contribution is 2.45. The van der Waals surface area contributed by atoms with Crippen molar-refractivity contribution < 1.29 is 5.11 Å². The van der Waals surface area contributed by atoms with Crippen LogP contribution in [0, 0.1) is 5.92 Å². The van der Waals surface area contributed by atoms with Crippen molar-refractivity contribution in [3.63, 3.8) is 0 Å². The lowest BCUT2D eigenvalue weighted by atomic mass is 9.98. The Morgan fingerprint density at radius 2 is 1.70 bits per heavy atom. The summed E-state index contributed by atoms with van der Waals surface area (Å²) in [7, 11) is -1.22. The molecule has 2 nitrogen and oxygen atoms in total. The molecule has 118 valence electrons. The first-order valence-corrected chi connectivity index (χ1v) is 11.2. The van der Waals surface area contributed by atoms with Gasteiger partial charge < -0.3 is 5.11 Å². The van der Waals surface area contributed by atoms with E-state index in [1.807, 2.05) is 13.8 Å². The van der Waals surface area contributed by atoms with Crippen LogP contribution in [0.4, 0.5) is 0 Å². The van der Waals surface area contributed by atoms with E-state index in [2.05, 4.69) is 34.6 Å². The van der Waals surface area contributed by atoms with Gasteiger partial charge in [0.1, 0.15) is 0 Å². The Kier molecular flexibility index (Phi) is 6.03. The zero-order valence-corrected chi connectivity index (χ0v) is 15.7. The first kappa shape index (κ1) is 17.9. The lowest BCUT2D eigenvalue weighted by Crippen LogP contribution is -2.42. The van der Waals surface area contributed by atoms with Crippen molar-refractivity contribution in [2.45, 2.75) is 96.6 Å². The summed E-state index contributed by atoms with van der Waals surface area (Å²) in [5, 5.41) is 10.1. The fraction of sp³-hybridized carbons (Fsp3) is 0.941. The number of hydrogen-bond acceptors (Lipinski definition) is 2. The van der Waals surface area contributed by atoms with Gasteiger partial charge in [-0.15, -0.1) is 0 Å². The van der Waals surface area contributed by atoms with Gasteiger partial charge in [0, 0.05) is 12.1 Å². The Labute approximate surface area is 127 Å². The van der Waals surface area contributed by atoms with E-state index in [0.717, 1.165) is 18.4 Å². The predicted molar refractivity (Wildman–Crippen MR) is 92.5 cm³/mol. The minimum Gasteiger partial charge on any atom is -0.390 e. The Hall–Kier alpha value is -0.153. The molecule has 0 fully saturated rings. The van der Waals surface area contributed by atoms with E-state index in [4.69, 9.17) is 4.99 Å². The van der Waals surface area contributed by atoms with Crippen LogP contribution in [0.1, 0.15) is 61.3 Å². The quantitative estimate of drug-likeness (QED) is 0.666. The molecule has 0 amide bonds. The van der Waals surface area contributed by atoms with Crippen LogP contribution in [-0.2, 0) is 0 Å². The van der Waals surface area contributed by atoms with Gasteiger partial charge in [0.05, 0.1) is 19.7 Å². The Balaban J connectivity index is 2.99.